The van der Waals surface area contributed by atoms with Crippen molar-refractivity contribution in [3.63, 3.8) is 0 Å². The Labute approximate surface area is 199 Å². The number of aromatic nitrogens is 4. The number of hydrogen-bond acceptors (Lipinski definition) is 8. The zero-order valence-electron chi connectivity index (χ0n) is 19.2. The zero-order valence-corrected chi connectivity index (χ0v) is 19.2. The van der Waals surface area contributed by atoms with E-state index in [2.05, 4.69) is 25.3 Å². The minimum atomic E-state index is -4.62. The van der Waals surface area contributed by atoms with Crippen LogP contribution in [0.1, 0.15) is 18.4 Å². The third-order valence-electron chi connectivity index (χ3n) is 6.54. The third kappa shape index (κ3) is 4.45. The first kappa shape index (κ1) is 23.2. The average molecular weight is 487 g/mol. The van der Waals surface area contributed by atoms with Gasteiger partial charge in [0.15, 0.2) is 5.82 Å². The van der Waals surface area contributed by atoms with Gasteiger partial charge in [0.1, 0.15) is 17.4 Å². The summed E-state index contributed by atoms with van der Waals surface area (Å²) in [6.45, 7) is 2.13. The summed E-state index contributed by atoms with van der Waals surface area (Å²) < 4.78 is 45.2. The molecule has 35 heavy (non-hydrogen) atoms. The van der Waals surface area contributed by atoms with E-state index in [0.29, 0.717) is 35.6 Å². The summed E-state index contributed by atoms with van der Waals surface area (Å²) in [5.74, 6) is 0.110. The van der Waals surface area contributed by atoms with Crippen molar-refractivity contribution in [1.82, 2.24) is 29.7 Å². The van der Waals surface area contributed by atoms with E-state index in [1.807, 2.05) is 16.8 Å². The number of pyridine rings is 2. The molecule has 2 atom stereocenters. The summed E-state index contributed by atoms with van der Waals surface area (Å²) in [7, 11) is 3.09. The Kier molecular flexibility index (Phi) is 5.91. The summed E-state index contributed by atoms with van der Waals surface area (Å²) in [6, 6.07) is 4.17. The highest BCUT2D eigenvalue weighted by Gasteiger charge is 2.37. The molecule has 1 amide bonds. The smallest absolute Gasteiger partial charge is 0.421 e. The maximum Gasteiger partial charge on any atom is 0.421 e. The number of methoxy groups -OCH3 is 1. The van der Waals surface area contributed by atoms with Gasteiger partial charge in [0.2, 0.25) is 11.8 Å². The summed E-state index contributed by atoms with van der Waals surface area (Å²) in [5, 5.41) is 3.35. The molecule has 9 nitrogen and oxygen atoms in total. The monoisotopic (exact) mass is 487 g/mol. The Bertz CT molecular complexity index is 1270. The molecule has 0 bridgehead atoms. The molecular formula is C23H24F3N7O2. The lowest BCUT2D eigenvalue weighted by Crippen LogP contribution is -2.54. The minimum absolute atomic E-state index is 0.0210. The average Bonchev–Trinajstić information content (AvgIpc) is 3.30. The van der Waals surface area contributed by atoms with Crippen LogP contribution in [0.15, 0.2) is 30.7 Å². The number of alkyl halides is 3. The van der Waals surface area contributed by atoms with Gasteiger partial charge in [0.25, 0.3) is 0 Å². The van der Waals surface area contributed by atoms with E-state index in [9.17, 15) is 18.0 Å². The maximum atomic E-state index is 13.5. The molecule has 1 unspecified atom stereocenters. The number of carbonyl (C=O) groups is 1. The van der Waals surface area contributed by atoms with Gasteiger partial charge < -0.3 is 15.0 Å². The van der Waals surface area contributed by atoms with E-state index in [1.54, 1.807) is 12.1 Å². The van der Waals surface area contributed by atoms with Gasteiger partial charge in [-0.2, -0.15) is 13.2 Å². The molecule has 3 aromatic heterocycles. The number of ether oxygens (including phenoxy) is 1. The van der Waals surface area contributed by atoms with Crippen molar-refractivity contribution < 1.29 is 22.7 Å². The molecule has 1 N–H and O–H groups in total. The van der Waals surface area contributed by atoms with Crippen LogP contribution in [-0.4, -0.2) is 81.5 Å². The van der Waals surface area contributed by atoms with Crippen molar-refractivity contribution in [2.45, 2.75) is 31.1 Å². The number of anilines is 1. The van der Waals surface area contributed by atoms with Crippen LogP contribution in [0.5, 0.6) is 5.88 Å². The fourth-order valence-electron chi connectivity index (χ4n) is 4.48. The van der Waals surface area contributed by atoms with Crippen molar-refractivity contribution in [3.8, 4) is 17.1 Å². The second-order valence-electron chi connectivity index (χ2n) is 8.76. The number of halogens is 3. The zero-order chi connectivity index (χ0) is 24.7. The lowest BCUT2D eigenvalue weighted by molar-refractivity contribution is -0.140. The highest BCUT2D eigenvalue weighted by molar-refractivity contribution is 5.87. The van der Waals surface area contributed by atoms with E-state index in [-0.39, 0.29) is 23.6 Å². The molecule has 184 valence electrons. The number of likely N-dealkylation sites (N-methyl/N-ethyl adjacent to an activating group) is 1. The molecule has 3 aromatic rings. The predicted molar refractivity (Wildman–Crippen MR) is 122 cm³/mol. The normalized spacial score (nSPS) is 20.7. The first-order chi connectivity index (χ1) is 16.7. The molecule has 0 aromatic carbocycles. The molecule has 0 spiro atoms. The fraction of sp³-hybridized carbons (Fsp3) is 0.435. The number of hydrogen-bond donors (Lipinski definition) is 1. The van der Waals surface area contributed by atoms with Crippen LogP contribution in [0, 0.1) is 0 Å². The van der Waals surface area contributed by atoms with Crippen LogP contribution < -0.4 is 10.1 Å². The van der Waals surface area contributed by atoms with Gasteiger partial charge in [0.05, 0.1) is 24.4 Å². The van der Waals surface area contributed by atoms with E-state index < -0.39 is 17.6 Å². The summed E-state index contributed by atoms with van der Waals surface area (Å²) in [4.78, 5) is 33.5. The number of amides is 1. The molecular weight excluding hydrogens is 463 g/mol. The Balaban J connectivity index is 1.40. The molecule has 2 aliphatic heterocycles. The van der Waals surface area contributed by atoms with Gasteiger partial charge in [-0.3, -0.25) is 9.69 Å². The molecule has 0 saturated carbocycles. The van der Waals surface area contributed by atoms with Crippen molar-refractivity contribution in [1.29, 1.82) is 0 Å². The maximum absolute atomic E-state index is 13.5. The Morgan fingerprint density at radius 1 is 1.17 bits per heavy atom. The highest BCUT2D eigenvalue weighted by Crippen LogP contribution is 2.37. The van der Waals surface area contributed by atoms with Crippen LogP contribution in [0.2, 0.25) is 0 Å². The molecule has 5 rings (SSSR count). The fourth-order valence-corrected chi connectivity index (χ4v) is 4.48. The Morgan fingerprint density at radius 2 is 2.00 bits per heavy atom. The molecule has 5 heterocycles. The summed E-state index contributed by atoms with van der Waals surface area (Å²) >= 11 is 0. The predicted octanol–water partition coefficient (Wildman–Crippen LogP) is 2.83. The molecule has 2 saturated heterocycles. The number of fused-ring (bicyclic) bond motifs is 1. The summed E-state index contributed by atoms with van der Waals surface area (Å²) in [6.07, 6.45) is -0.295. The van der Waals surface area contributed by atoms with Gasteiger partial charge in [-0.05, 0) is 38.1 Å². The number of likely N-dealkylation sites (tertiary alicyclic amines) is 2. The largest absolute Gasteiger partial charge is 0.481 e. The standard InChI is InChI=1S/C23H24F3N7O2/c1-32-7-6-18(32)22(34)33-8-5-14(11-33)30-20-19-17(28-12-29-20)4-3-16(31-19)13-9-15(23(24,25)26)21(35-2)27-10-13/h3-4,9-10,12,14,18H,5-8,11H2,1-2H3,(H,28,29,30)/t14-,18?/m0/s1. The van der Waals surface area contributed by atoms with Crippen molar-refractivity contribution in [2.75, 3.05) is 39.1 Å². The molecule has 2 aliphatic rings. The van der Waals surface area contributed by atoms with Gasteiger partial charge in [-0.1, -0.05) is 0 Å². The van der Waals surface area contributed by atoms with Gasteiger partial charge >= 0.3 is 6.18 Å². The second kappa shape index (κ2) is 8.91. The van der Waals surface area contributed by atoms with E-state index in [0.717, 1.165) is 32.6 Å². The number of nitrogens with one attached hydrogen (secondary N) is 1. The highest BCUT2D eigenvalue weighted by atomic mass is 19.4. The van der Waals surface area contributed by atoms with Crippen molar-refractivity contribution in [2.24, 2.45) is 0 Å². The number of rotatable bonds is 5. The lowest BCUT2D eigenvalue weighted by atomic mass is 10.0. The van der Waals surface area contributed by atoms with Gasteiger partial charge in [-0.15, -0.1) is 0 Å². The Hall–Kier alpha value is -3.54. The van der Waals surface area contributed by atoms with Crippen molar-refractivity contribution in [3.05, 3.63) is 36.3 Å². The third-order valence-corrected chi connectivity index (χ3v) is 6.54. The molecule has 2 fully saturated rings. The van der Waals surface area contributed by atoms with E-state index in [4.69, 9.17) is 4.74 Å². The molecule has 0 aliphatic carbocycles. The second-order valence-corrected chi connectivity index (χ2v) is 8.76. The summed E-state index contributed by atoms with van der Waals surface area (Å²) in [5.41, 5.74) is 0.489. The lowest BCUT2D eigenvalue weighted by Gasteiger charge is -2.38. The van der Waals surface area contributed by atoms with Crippen LogP contribution in [0.3, 0.4) is 0 Å². The van der Waals surface area contributed by atoms with Gasteiger partial charge in [-0.25, -0.2) is 19.9 Å². The number of carbonyl (C=O) groups excluding carboxylic acids is 1. The van der Waals surface area contributed by atoms with Crippen LogP contribution in [0.25, 0.3) is 22.3 Å². The Morgan fingerprint density at radius 3 is 2.69 bits per heavy atom. The quantitative estimate of drug-likeness (QED) is 0.587. The van der Waals surface area contributed by atoms with Crippen LogP contribution >= 0.6 is 0 Å². The SMILES string of the molecule is COc1ncc(-c2ccc3ncnc(N[C@H]4CCN(C(=O)C5CCN5C)C4)c3n2)cc1C(F)(F)F. The van der Waals surface area contributed by atoms with E-state index >= 15 is 0 Å². The number of nitrogens with zero attached hydrogens (tertiary/aromatic N) is 6. The van der Waals surface area contributed by atoms with Crippen molar-refractivity contribution >= 4 is 22.8 Å². The first-order valence-corrected chi connectivity index (χ1v) is 11.2. The van der Waals surface area contributed by atoms with Gasteiger partial charge in [0, 0.05) is 37.4 Å². The first-order valence-electron chi connectivity index (χ1n) is 11.2. The molecule has 12 heteroatoms. The minimum Gasteiger partial charge on any atom is -0.481 e. The van der Waals surface area contributed by atoms with Crippen LogP contribution in [0.4, 0.5) is 19.0 Å². The van der Waals surface area contributed by atoms with Crippen LogP contribution in [-0.2, 0) is 11.0 Å². The topological polar surface area (TPSA) is 96.4 Å². The van der Waals surface area contributed by atoms with E-state index in [1.165, 1.54) is 12.5 Å². The molecule has 0 radical (unpaired) electrons.